The zero-order valence-electron chi connectivity index (χ0n) is 12.1. The molecule has 2 rings (SSSR count). The van der Waals surface area contributed by atoms with Crippen LogP contribution in [0.3, 0.4) is 0 Å². The van der Waals surface area contributed by atoms with Crippen molar-refractivity contribution < 1.29 is 0 Å². The number of rotatable bonds is 4. The van der Waals surface area contributed by atoms with Crippen LogP contribution in [0.2, 0.25) is 0 Å². The Morgan fingerprint density at radius 1 is 1.30 bits per heavy atom. The summed E-state index contributed by atoms with van der Waals surface area (Å²) in [6.45, 7) is 7.40. The monoisotopic (exact) mass is 337 g/mol. The molecule has 0 spiro atoms. The Labute approximate surface area is 127 Å². The van der Waals surface area contributed by atoms with E-state index in [1.54, 1.807) is 4.68 Å². The molecule has 108 valence electrons. The summed E-state index contributed by atoms with van der Waals surface area (Å²) in [6, 6.07) is 7.97. The van der Waals surface area contributed by atoms with E-state index in [0.29, 0.717) is 12.2 Å². The lowest BCUT2D eigenvalue weighted by atomic mass is 10.1. The standard InChI is InChI=1S/C15H20BrN3O/c1-4-18-14(10(2)3)13(17)15(20)19(18)9-11-6-5-7-12(16)8-11/h5-8,10H,4,9,17H2,1-3H3. The van der Waals surface area contributed by atoms with Crippen LogP contribution in [-0.4, -0.2) is 9.36 Å². The van der Waals surface area contributed by atoms with E-state index in [1.807, 2.05) is 35.9 Å². The van der Waals surface area contributed by atoms with E-state index in [-0.39, 0.29) is 11.5 Å². The average molecular weight is 338 g/mol. The maximum Gasteiger partial charge on any atom is 0.290 e. The average Bonchev–Trinajstić information content (AvgIpc) is 2.63. The molecule has 0 aliphatic heterocycles. The molecule has 4 nitrogen and oxygen atoms in total. The summed E-state index contributed by atoms with van der Waals surface area (Å²) in [7, 11) is 0. The Bertz CT molecular complexity index is 670. The molecule has 0 radical (unpaired) electrons. The smallest absolute Gasteiger partial charge is 0.290 e. The topological polar surface area (TPSA) is 52.9 Å². The van der Waals surface area contributed by atoms with Gasteiger partial charge in [0.1, 0.15) is 5.69 Å². The highest BCUT2D eigenvalue weighted by Gasteiger charge is 2.19. The van der Waals surface area contributed by atoms with E-state index in [9.17, 15) is 4.79 Å². The summed E-state index contributed by atoms with van der Waals surface area (Å²) >= 11 is 3.45. The van der Waals surface area contributed by atoms with Crippen LogP contribution in [0.5, 0.6) is 0 Å². The second kappa shape index (κ2) is 5.87. The molecule has 0 aliphatic carbocycles. The Kier molecular flexibility index (Phi) is 4.38. The molecule has 0 unspecified atom stereocenters. The number of hydrogen-bond acceptors (Lipinski definition) is 2. The van der Waals surface area contributed by atoms with Gasteiger partial charge in [0.25, 0.3) is 5.56 Å². The number of hydrogen-bond donors (Lipinski definition) is 1. The number of nitrogen functional groups attached to an aromatic ring is 1. The largest absolute Gasteiger partial charge is 0.393 e. The highest BCUT2D eigenvalue weighted by molar-refractivity contribution is 9.10. The van der Waals surface area contributed by atoms with Gasteiger partial charge in [-0.3, -0.25) is 9.48 Å². The summed E-state index contributed by atoms with van der Waals surface area (Å²) < 4.78 is 4.73. The van der Waals surface area contributed by atoms with Gasteiger partial charge in [-0.25, -0.2) is 4.68 Å². The molecule has 0 bridgehead atoms. The van der Waals surface area contributed by atoms with E-state index >= 15 is 0 Å². The minimum absolute atomic E-state index is 0.101. The van der Waals surface area contributed by atoms with E-state index in [1.165, 1.54) is 0 Å². The van der Waals surface area contributed by atoms with Gasteiger partial charge in [0.15, 0.2) is 0 Å². The molecule has 20 heavy (non-hydrogen) atoms. The predicted molar refractivity (Wildman–Crippen MR) is 86.1 cm³/mol. The second-order valence-electron chi connectivity index (χ2n) is 5.16. The van der Waals surface area contributed by atoms with Crippen molar-refractivity contribution >= 4 is 21.6 Å². The summed E-state index contributed by atoms with van der Waals surface area (Å²) in [5.41, 5.74) is 8.27. The van der Waals surface area contributed by atoms with Crippen LogP contribution < -0.4 is 11.3 Å². The minimum atomic E-state index is -0.101. The third kappa shape index (κ3) is 2.68. The molecular formula is C15H20BrN3O. The molecule has 1 aromatic carbocycles. The zero-order valence-corrected chi connectivity index (χ0v) is 13.6. The molecule has 0 atom stereocenters. The Morgan fingerprint density at radius 2 is 2.00 bits per heavy atom. The number of benzene rings is 1. The zero-order chi connectivity index (χ0) is 14.9. The van der Waals surface area contributed by atoms with Gasteiger partial charge in [0.05, 0.1) is 12.2 Å². The van der Waals surface area contributed by atoms with Crippen LogP contribution in [-0.2, 0) is 13.1 Å². The lowest BCUT2D eigenvalue weighted by Crippen LogP contribution is -2.24. The van der Waals surface area contributed by atoms with Gasteiger partial charge in [0, 0.05) is 11.0 Å². The molecule has 0 saturated carbocycles. The summed E-state index contributed by atoms with van der Waals surface area (Å²) in [5.74, 6) is 0.228. The molecular weight excluding hydrogens is 318 g/mol. The van der Waals surface area contributed by atoms with Gasteiger partial charge in [0.2, 0.25) is 0 Å². The van der Waals surface area contributed by atoms with E-state index in [0.717, 1.165) is 22.3 Å². The van der Waals surface area contributed by atoms with Crippen LogP contribution >= 0.6 is 15.9 Å². The number of halogens is 1. The quantitative estimate of drug-likeness (QED) is 0.931. The number of anilines is 1. The fourth-order valence-corrected chi connectivity index (χ4v) is 2.99. The molecule has 0 fully saturated rings. The van der Waals surface area contributed by atoms with Crippen molar-refractivity contribution in [2.75, 3.05) is 5.73 Å². The van der Waals surface area contributed by atoms with Crippen molar-refractivity contribution in [2.24, 2.45) is 0 Å². The molecule has 0 aliphatic rings. The van der Waals surface area contributed by atoms with Gasteiger partial charge in [-0.2, -0.15) is 0 Å². The second-order valence-corrected chi connectivity index (χ2v) is 6.08. The van der Waals surface area contributed by atoms with Crippen LogP contribution in [0.4, 0.5) is 5.69 Å². The van der Waals surface area contributed by atoms with Crippen LogP contribution in [0.25, 0.3) is 0 Å². The third-order valence-corrected chi connectivity index (χ3v) is 3.87. The lowest BCUT2D eigenvalue weighted by molar-refractivity contribution is 0.464. The Hall–Kier alpha value is -1.49. The first-order chi connectivity index (χ1) is 9.45. The normalized spacial score (nSPS) is 11.2. The highest BCUT2D eigenvalue weighted by atomic mass is 79.9. The molecule has 2 aromatic rings. The van der Waals surface area contributed by atoms with Gasteiger partial charge in [-0.1, -0.05) is 41.9 Å². The molecule has 1 aromatic heterocycles. The van der Waals surface area contributed by atoms with Crippen LogP contribution in [0.1, 0.15) is 37.9 Å². The fourth-order valence-electron chi connectivity index (χ4n) is 2.54. The van der Waals surface area contributed by atoms with E-state index in [4.69, 9.17) is 5.73 Å². The van der Waals surface area contributed by atoms with Gasteiger partial charge >= 0.3 is 0 Å². The van der Waals surface area contributed by atoms with Gasteiger partial charge in [-0.15, -0.1) is 0 Å². The first-order valence-corrected chi connectivity index (χ1v) is 7.58. The Morgan fingerprint density at radius 3 is 2.55 bits per heavy atom. The van der Waals surface area contributed by atoms with Crippen molar-refractivity contribution in [1.82, 2.24) is 9.36 Å². The van der Waals surface area contributed by atoms with Crippen molar-refractivity contribution in [3.05, 3.63) is 50.3 Å². The predicted octanol–water partition coefficient (Wildman–Crippen LogP) is 3.19. The van der Waals surface area contributed by atoms with Crippen molar-refractivity contribution in [1.29, 1.82) is 0 Å². The molecule has 0 saturated heterocycles. The maximum atomic E-state index is 12.4. The third-order valence-electron chi connectivity index (χ3n) is 3.38. The van der Waals surface area contributed by atoms with Crippen LogP contribution in [0.15, 0.2) is 33.5 Å². The molecule has 2 N–H and O–H groups in total. The first-order valence-electron chi connectivity index (χ1n) is 6.79. The van der Waals surface area contributed by atoms with Gasteiger partial charge < -0.3 is 5.73 Å². The number of nitrogens with zero attached hydrogens (tertiary/aromatic N) is 2. The molecule has 5 heteroatoms. The fraction of sp³-hybridized carbons (Fsp3) is 0.400. The van der Waals surface area contributed by atoms with Gasteiger partial charge in [-0.05, 0) is 30.5 Å². The summed E-state index contributed by atoms with van der Waals surface area (Å²) in [5, 5.41) is 0. The summed E-state index contributed by atoms with van der Waals surface area (Å²) in [6.07, 6.45) is 0. The number of aromatic nitrogens is 2. The SMILES string of the molecule is CCn1c(C(C)C)c(N)c(=O)n1Cc1cccc(Br)c1. The number of nitrogens with two attached hydrogens (primary N) is 1. The minimum Gasteiger partial charge on any atom is -0.393 e. The molecule has 0 amide bonds. The first kappa shape index (κ1) is 14.9. The van der Waals surface area contributed by atoms with Crippen molar-refractivity contribution in [2.45, 2.75) is 39.8 Å². The molecule has 1 heterocycles. The Balaban J connectivity index is 2.52. The highest BCUT2D eigenvalue weighted by Crippen LogP contribution is 2.20. The van der Waals surface area contributed by atoms with E-state index in [2.05, 4.69) is 29.8 Å². The summed E-state index contributed by atoms with van der Waals surface area (Å²) in [4.78, 5) is 12.4. The van der Waals surface area contributed by atoms with Crippen LogP contribution in [0, 0.1) is 0 Å². The maximum absolute atomic E-state index is 12.4. The van der Waals surface area contributed by atoms with E-state index < -0.39 is 0 Å². The van der Waals surface area contributed by atoms with Crippen molar-refractivity contribution in [3.63, 3.8) is 0 Å². The lowest BCUT2D eigenvalue weighted by Gasteiger charge is -2.15. The van der Waals surface area contributed by atoms with Crippen molar-refractivity contribution in [3.8, 4) is 0 Å².